The summed E-state index contributed by atoms with van der Waals surface area (Å²) < 4.78 is 0. The maximum atomic E-state index is 5.52. The average Bonchev–Trinajstić information content (AvgIpc) is 2.06. The Bertz CT molecular complexity index is 137. The Morgan fingerprint density at radius 3 is 2.73 bits per heavy atom. The van der Waals surface area contributed by atoms with Gasteiger partial charge >= 0.3 is 0 Å². The lowest BCUT2D eigenvalue weighted by Gasteiger charge is -2.23. The molecule has 0 bridgehead atoms. The lowest BCUT2D eigenvalue weighted by Crippen LogP contribution is -2.45. The topological polar surface area (TPSA) is 62.4 Å². The van der Waals surface area contributed by atoms with Crippen LogP contribution in [-0.4, -0.2) is 32.1 Å². The van der Waals surface area contributed by atoms with E-state index < -0.39 is 0 Å². The quantitative estimate of drug-likeness (QED) is 0.346. The van der Waals surface area contributed by atoms with Gasteiger partial charge in [-0.2, -0.15) is 0 Å². The van der Waals surface area contributed by atoms with Gasteiger partial charge in [0, 0.05) is 13.1 Å². The van der Waals surface area contributed by atoms with Gasteiger partial charge in [-0.1, -0.05) is 0 Å². The molecule has 0 saturated carbocycles. The van der Waals surface area contributed by atoms with Gasteiger partial charge in [-0.15, -0.1) is 0 Å². The van der Waals surface area contributed by atoms with Gasteiger partial charge in [0.2, 0.25) is 0 Å². The molecule has 1 heterocycles. The summed E-state index contributed by atoms with van der Waals surface area (Å²) in [6.07, 6.45) is 2.27. The van der Waals surface area contributed by atoms with Crippen LogP contribution >= 0.6 is 0 Å². The monoisotopic (exact) mass is 156 g/mol. The number of guanidine groups is 1. The second kappa shape index (κ2) is 4.18. The predicted octanol–water partition coefficient (Wildman–Crippen LogP) is -0.727. The molecule has 0 atom stereocenters. The minimum atomic E-state index is 0.514. The van der Waals surface area contributed by atoms with Gasteiger partial charge in [0.05, 0.1) is 0 Å². The number of piperidine rings is 1. The summed E-state index contributed by atoms with van der Waals surface area (Å²) in [4.78, 5) is 3.85. The molecule has 64 valence electrons. The first-order chi connectivity index (χ1) is 5.33. The minimum absolute atomic E-state index is 0.514. The summed E-state index contributed by atoms with van der Waals surface area (Å²) >= 11 is 0. The molecule has 0 radical (unpaired) electrons. The van der Waals surface area contributed by atoms with E-state index >= 15 is 0 Å². The fourth-order valence-corrected chi connectivity index (χ4v) is 1.24. The molecular formula is C7H16N4. The number of nitrogens with one attached hydrogen (secondary N) is 2. The Morgan fingerprint density at radius 2 is 2.18 bits per heavy atom. The first-order valence-corrected chi connectivity index (χ1v) is 4.02. The Hall–Kier alpha value is -0.770. The maximum absolute atomic E-state index is 5.52. The third-order valence-corrected chi connectivity index (χ3v) is 1.93. The number of aliphatic imine (C=N–C) groups is 1. The summed E-state index contributed by atoms with van der Waals surface area (Å²) in [5, 5.41) is 6.44. The fraction of sp³-hybridized carbons (Fsp3) is 0.857. The Balaban J connectivity index is 2.24. The zero-order valence-corrected chi connectivity index (χ0v) is 6.93. The molecule has 1 saturated heterocycles. The summed E-state index contributed by atoms with van der Waals surface area (Å²) in [7, 11) is 1.70. The van der Waals surface area contributed by atoms with Gasteiger partial charge in [-0.05, 0) is 25.9 Å². The van der Waals surface area contributed by atoms with Gasteiger partial charge in [0.25, 0.3) is 0 Å². The van der Waals surface area contributed by atoms with Crippen LogP contribution in [0.25, 0.3) is 0 Å². The van der Waals surface area contributed by atoms with Gasteiger partial charge in [0.1, 0.15) is 0 Å². The molecule has 0 aromatic heterocycles. The van der Waals surface area contributed by atoms with E-state index in [1.807, 2.05) is 0 Å². The number of nitrogens with zero attached hydrogens (tertiary/aromatic N) is 1. The molecule has 0 amide bonds. The molecule has 4 heteroatoms. The SMILES string of the molecule is CN=C(N)NC1CCNCC1. The van der Waals surface area contributed by atoms with Crippen molar-refractivity contribution in [2.24, 2.45) is 10.7 Å². The molecule has 0 aromatic rings. The number of hydrogen-bond acceptors (Lipinski definition) is 2. The Labute approximate surface area is 67.3 Å². The van der Waals surface area contributed by atoms with Crippen LogP contribution in [0.4, 0.5) is 0 Å². The largest absolute Gasteiger partial charge is 0.370 e. The van der Waals surface area contributed by atoms with Crippen LogP contribution in [0.1, 0.15) is 12.8 Å². The van der Waals surface area contributed by atoms with Crippen LogP contribution in [0.2, 0.25) is 0 Å². The normalized spacial score (nSPS) is 21.7. The molecule has 4 N–H and O–H groups in total. The zero-order chi connectivity index (χ0) is 8.10. The number of hydrogen-bond donors (Lipinski definition) is 3. The van der Waals surface area contributed by atoms with Crippen molar-refractivity contribution in [3.8, 4) is 0 Å². The highest BCUT2D eigenvalue weighted by Gasteiger charge is 2.12. The highest BCUT2D eigenvalue weighted by atomic mass is 15.1. The van der Waals surface area contributed by atoms with E-state index in [9.17, 15) is 0 Å². The Kier molecular flexibility index (Phi) is 3.16. The molecule has 1 aliphatic rings. The van der Waals surface area contributed by atoms with Crippen LogP contribution in [-0.2, 0) is 0 Å². The third kappa shape index (κ3) is 2.76. The average molecular weight is 156 g/mol. The summed E-state index contributed by atoms with van der Waals surface area (Å²) in [6, 6.07) is 0.514. The highest BCUT2D eigenvalue weighted by molar-refractivity contribution is 5.77. The van der Waals surface area contributed by atoms with Gasteiger partial charge < -0.3 is 16.4 Å². The second-order valence-electron chi connectivity index (χ2n) is 2.78. The van der Waals surface area contributed by atoms with Crippen molar-refractivity contribution in [1.29, 1.82) is 0 Å². The van der Waals surface area contributed by atoms with E-state index in [2.05, 4.69) is 15.6 Å². The van der Waals surface area contributed by atoms with Crippen molar-refractivity contribution >= 4 is 5.96 Å². The van der Waals surface area contributed by atoms with E-state index in [4.69, 9.17) is 5.73 Å². The smallest absolute Gasteiger partial charge is 0.188 e. The summed E-state index contributed by atoms with van der Waals surface area (Å²) in [6.45, 7) is 2.16. The molecule has 0 aliphatic carbocycles. The standard InChI is InChI=1S/C7H16N4/c1-9-7(8)11-6-2-4-10-5-3-6/h6,10H,2-5H2,1H3,(H3,8,9,11). The van der Waals surface area contributed by atoms with Crippen molar-refractivity contribution in [3.63, 3.8) is 0 Å². The van der Waals surface area contributed by atoms with E-state index in [-0.39, 0.29) is 0 Å². The summed E-state index contributed by atoms with van der Waals surface area (Å²) in [5.74, 6) is 0.553. The molecule has 0 aromatic carbocycles. The van der Waals surface area contributed by atoms with E-state index in [0.717, 1.165) is 25.9 Å². The number of rotatable bonds is 1. The van der Waals surface area contributed by atoms with Crippen LogP contribution in [0, 0.1) is 0 Å². The van der Waals surface area contributed by atoms with Crippen LogP contribution in [0.3, 0.4) is 0 Å². The van der Waals surface area contributed by atoms with Crippen molar-refractivity contribution in [1.82, 2.24) is 10.6 Å². The molecule has 0 spiro atoms. The lowest BCUT2D eigenvalue weighted by atomic mass is 10.1. The van der Waals surface area contributed by atoms with Crippen LogP contribution in [0.15, 0.2) is 4.99 Å². The molecule has 1 aliphatic heterocycles. The van der Waals surface area contributed by atoms with Gasteiger partial charge in [-0.3, -0.25) is 4.99 Å². The predicted molar refractivity (Wildman–Crippen MR) is 46.6 cm³/mol. The van der Waals surface area contributed by atoms with Crippen LogP contribution in [0.5, 0.6) is 0 Å². The minimum Gasteiger partial charge on any atom is -0.370 e. The first kappa shape index (κ1) is 8.33. The van der Waals surface area contributed by atoms with Crippen molar-refractivity contribution in [2.75, 3.05) is 20.1 Å². The Morgan fingerprint density at radius 1 is 1.55 bits per heavy atom. The third-order valence-electron chi connectivity index (χ3n) is 1.93. The maximum Gasteiger partial charge on any atom is 0.188 e. The first-order valence-electron chi connectivity index (χ1n) is 4.02. The molecule has 1 rings (SSSR count). The van der Waals surface area contributed by atoms with Crippen molar-refractivity contribution in [3.05, 3.63) is 0 Å². The van der Waals surface area contributed by atoms with E-state index in [1.165, 1.54) is 0 Å². The van der Waals surface area contributed by atoms with E-state index in [0.29, 0.717) is 12.0 Å². The molecule has 0 unspecified atom stereocenters. The van der Waals surface area contributed by atoms with E-state index in [1.54, 1.807) is 7.05 Å². The highest BCUT2D eigenvalue weighted by Crippen LogP contribution is 2.00. The van der Waals surface area contributed by atoms with Gasteiger partial charge in [-0.25, -0.2) is 0 Å². The fourth-order valence-electron chi connectivity index (χ4n) is 1.24. The second-order valence-corrected chi connectivity index (χ2v) is 2.78. The van der Waals surface area contributed by atoms with Crippen molar-refractivity contribution < 1.29 is 0 Å². The van der Waals surface area contributed by atoms with Crippen LogP contribution < -0.4 is 16.4 Å². The van der Waals surface area contributed by atoms with Gasteiger partial charge in [0.15, 0.2) is 5.96 Å². The molecule has 11 heavy (non-hydrogen) atoms. The molecule has 4 nitrogen and oxygen atoms in total. The number of nitrogens with two attached hydrogens (primary N) is 1. The van der Waals surface area contributed by atoms with Crippen molar-refractivity contribution in [2.45, 2.75) is 18.9 Å². The lowest BCUT2D eigenvalue weighted by molar-refractivity contribution is 0.428. The molecular weight excluding hydrogens is 140 g/mol. The summed E-state index contributed by atoms with van der Waals surface area (Å²) in [5.41, 5.74) is 5.52. The molecule has 1 fully saturated rings. The zero-order valence-electron chi connectivity index (χ0n) is 6.93.